The topological polar surface area (TPSA) is 51.2 Å². The molecule has 0 amide bonds. The summed E-state index contributed by atoms with van der Waals surface area (Å²) >= 11 is 1.43. The number of Topliss-reactive ketones (excluding diaryl/α,β-unsaturated/α-hetero) is 1. The lowest BCUT2D eigenvalue weighted by Crippen LogP contribution is -2.18. The third-order valence-electron chi connectivity index (χ3n) is 2.16. The fraction of sp³-hybridized carbons (Fsp3) is 0.600. The van der Waals surface area contributed by atoms with Crippen LogP contribution < -0.4 is 5.32 Å². The van der Waals surface area contributed by atoms with E-state index in [-0.39, 0.29) is 5.78 Å². The van der Waals surface area contributed by atoms with E-state index >= 15 is 0 Å². The summed E-state index contributed by atoms with van der Waals surface area (Å²) in [6.45, 7) is 4.40. The third kappa shape index (κ3) is 2.84. The monoisotopic (exact) mass is 228 g/mol. The highest BCUT2D eigenvalue weighted by Gasteiger charge is 2.19. The van der Waals surface area contributed by atoms with Crippen molar-refractivity contribution in [2.75, 3.05) is 14.2 Å². The van der Waals surface area contributed by atoms with Crippen LogP contribution in [0.4, 0.5) is 0 Å². The zero-order valence-corrected chi connectivity index (χ0v) is 10.3. The third-order valence-corrected chi connectivity index (χ3v) is 3.34. The lowest BCUT2D eigenvalue weighted by Gasteiger charge is -2.04. The van der Waals surface area contributed by atoms with Crippen LogP contribution >= 0.6 is 11.3 Å². The molecule has 1 aromatic heterocycles. The van der Waals surface area contributed by atoms with Gasteiger partial charge in [0.1, 0.15) is 6.10 Å². The lowest BCUT2D eigenvalue weighted by atomic mass is 10.3. The van der Waals surface area contributed by atoms with E-state index in [2.05, 4.69) is 10.3 Å². The van der Waals surface area contributed by atoms with Crippen LogP contribution in [0, 0.1) is 6.92 Å². The molecule has 1 aromatic rings. The summed E-state index contributed by atoms with van der Waals surface area (Å²) in [6.07, 6.45) is -0.419. The molecular weight excluding hydrogens is 212 g/mol. The van der Waals surface area contributed by atoms with Gasteiger partial charge >= 0.3 is 0 Å². The van der Waals surface area contributed by atoms with Gasteiger partial charge < -0.3 is 10.1 Å². The van der Waals surface area contributed by atoms with Crippen LogP contribution in [0.2, 0.25) is 0 Å². The molecule has 0 aliphatic heterocycles. The number of nitrogens with zero attached hydrogens (tertiary/aromatic N) is 1. The Morgan fingerprint density at radius 3 is 2.87 bits per heavy atom. The van der Waals surface area contributed by atoms with E-state index in [1.807, 2.05) is 14.0 Å². The molecule has 0 aromatic carbocycles. The number of ether oxygens (including phenoxy) is 1. The SMILES string of the molecule is CNCc1sc(C(=O)C(C)OC)nc1C. The predicted molar refractivity (Wildman–Crippen MR) is 60.4 cm³/mol. The molecule has 0 spiro atoms. The highest BCUT2D eigenvalue weighted by Crippen LogP contribution is 2.19. The number of rotatable bonds is 5. The number of nitrogens with one attached hydrogen (secondary N) is 1. The summed E-state index contributed by atoms with van der Waals surface area (Å²) in [5, 5.41) is 3.58. The van der Waals surface area contributed by atoms with Gasteiger partial charge in [-0.05, 0) is 20.9 Å². The van der Waals surface area contributed by atoms with Gasteiger partial charge in [-0.3, -0.25) is 4.79 Å². The molecule has 0 fully saturated rings. The minimum absolute atomic E-state index is 0.0482. The number of methoxy groups -OCH3 is 1. The van der Waals surface area contributed by atoms with Crippen LogP contribution in [-0.4, -0.2) is 31.0 Å². The Labute approximate surface area is 93.7 Å². The van der Waals surface area contributed by atoms with Gasteiger partial charge in [-0.15, -0.1) is 11.3 Å². The Kier molecular flexibility index (Phi) is 4.38. The minimum Gasteiger partial charge on any atom is -0.373 e. The molecule has 0 aliphatic rings. The molecule has 0 aliphatic carbocycles. The second-order valence-electron chi connectivity index (χ2n) is 3.30. The van der Waals surface area contributed by atoms with Crippen molar-refractivity contribution < 1.29 is 9.53 Å². The van der Waals surface area contributed by atoms with Crippen LogP contribution in [-0.2, 0) is 11.3 Å². The van der Waals surface area contributed by atoms with Gasteiger partial charge in [-0.25, -0.2) is 4.98 Å². The van der Waals surface area contributed by atoms with E-state index in [0.717, 1.165) is 17.1 Å². The highest BCUT2D eigenvalue weighted by molar-refractivity contribution is 7.13. The Bertz CT molecular complexity index is 349. The van der Waals surface area contributed by atoms with Gasteiger partial charge in [0.25, 0.3) is 0 Å². The summed E-state index contributed by atoms with van der Waals surface area (Å²) in [4.78, 5) is 17.1. The number of aromatic nitrogens is 1. The number of hydrogen-bond acceptors (Lipinski definition) is 5. The molecule has 1 rings (SSSR count). The quantitative estimate of drug-likeness (QED) is 0.774. The molecule has 0 bridgehead atoms. The molecule has 84 valence electrons. The van der Waals surface area contributed by atoms with Crippen molar-refractivity contribution in [1.82, 2.24) is 10.3 Å². The Morgan fingerprint density at radius 2 is 2.33 bits per heavy atom. The van der Waals surface area contributed by atoms with E-state index in [0.29, 0.717) is 5.01 Å². The summed E-state index contributed by atoms with van der Waals surface area (Å²) < 4.78 is 4.98. The smallest absolute Gasteiger partial charge is 0.219 e. The molecular formula is C10H16N2O2S. The molecule has 1 N–H and O–H groups in total. The standard InChI is InChI=1S/C10H16N2O2S/c1-6-8(5-11-3)15-10(12-6)9(13)7(2)14-4/h7,11H,5H2,1-4H3. The first-order valence-corrected chi connectivity index (χ1v) is 5.59. The zero-order chi connectivity index (χ0) is 11.4. The summed E-state index contributed by atoms with van der Waals surface area (Å²) in [7, 11) is 3.40. The van der Waals surface area contributed by atoms with Gasteiger partial charge in [-0.2, -0.15) is 0 Å². The summed E-state index contributed by atoms with van der Waals surface area (Å²) in [6, 6.07) is 0. The fourth-order valence-corrected chi connectivity index (χ4v) is 2.23. The maximum atomic E-state index is 11.7. The van der Waals surface area contributed by atoms with Crippen LogP contribution in [0.3, 0.4) is 0 Å². The van der Waals surface area contributed by atoms with Gasteiger partial charge in [0.15, 0.2) is 5.01 Å². The number of hydrogen-bond donors (Lipinski definition) is 1. The van der Waals surface area contributed by atoms with Crippen LogP contribution in [0.25, 0.3) is 0 Å². The first kappa shape index (κ1) is 12.3. The van der Waals surface area contributed by atoms with Crippen molar-refractivity contribution in [2.45, 2.75) is 26.5 Å². The number of carbonyl (C=O) groups excluding carboxylic acids is 1. The number of ketones is 1. The van der Waals surface area contributed by atoms with Crippen molar-refractivity contribution in [3.63, 3.8) is 0 Å². The molecule has 1 heterocycles. The Hall–Kier alpha value is -0.780. The normalized spacial score (nSPS) is 12.8. The number of aryl methyl sites for hydroxylation is 1. The van der Waals surface area contributed by atoms with E-state index in [1.165, 1.54) is 18.4 Å². The first-order valence-electron chi connectivity index (χ1n) is 4.78. The average molecular weight is 228 g/mol. The molecule has 15 heavy (non-hydrogen) atoms. The summed E-state index contributed by atoms with van der Waals surface area (Å²) in [5.74, 6) is -0.0482. The number of thiazole rings is 1. The van der Waals surface area contributed by atoms with Gasteiger partial charge in [-0.1, -0.05) is 0 Å². The van der Waals surface area contributed by atoms with Gasteiger partial charge in [0.2, 0.25) is 5.78 Å². The fourth-order valence-electron chi connectivity index (χ4n) is 1.14. The maximum Gasteiger partial charge on any atom is 0.219 e. The van der Waals surface area contributed by atoms with E-state index in [9.17, 15) is 4.79 Å². The van der Waals surface area contributed by atoms with Crippen LogP contribution in [0.5, 0.6) is 0 Å². The molecule has 1 atom stereocenters. The largest absolute Gasteiger partial charge is 0.373 e. The van der Waals surface area contributed by atoms with Crippen molar-refractivity contribution >= 4 is 17.1 Å². The van der Waals surface area contributed by atoms with Crippen molar-refractivity contribution in [1.29, 1.82) is 0 Å². The van der Waals surface area contributed by atoms with E-state index in [4.69, 9.17) is 4.74 Å². The molecule has 0 saturated carbocycles. The highest BCUT2D eigenvalue weighted by atomic mass is 32.1. The van der Waals surface area contributed by atoms with Crippen molar-refractivity contribution in [3.8, 4) is 0 Å². The second-order valence-corrected chi connectivity index (χ2v) is 4.38. The summed E-state index contributed by atoms with van der Waals surface area (Å²) in [5.41, 5.74) is 0.918. The van der Waals surface area contributed by atoms with Crippen LogP contribution in [0.1, 0.15) is 27.3 Å². The van der Waals surface area contributed by atoms with Crippen LogP contribution in [0.15, 0.2) is 0 Å². The van der Waals surface area contributed by atoms with Crippen molar-refractivity contribution in [2.24, 2.45) is 0 Å². The molecule has 5 heteroatoms. The molecule has 0 saturated heterocycles. The van der Waals surface area contributed by atoms with E-state index in [1.54, 1.807) is 6.92 Å². The average Bonchev–Trinajstić information content (AvgIpc) is 2.59. The van der Waals surface area contributed by atoms with Crippen molar-refractivity contribution in [3.05, 3.63) is 15.6 Å². The Morgan fingerprint density at radius 1 is 1.67 bits per heavy atom. The predicted octanol–water partition coefficient (Wildman–Crippen LogP) is 1.39. The molecule has 1 unspecified atom stereocenters. The minimum atomic E-state index is -0.419. The lowest BCUT2D eigenvalue weighted by molar-refractivity contribution is 0.0655. The molecule has 0 radical (unpaired) electrons. The maximum absolute atomic E-state index is 11.7. The Balaban J connectivity index is 2.87. The van der Waals surface area contributed by atoms with Gasteiger partial charge in [0.05, 0.1) is 5.69 Å². The zero-order valence-electron chi connectivity index (χ0n) is 9.46. The molecule has 4 nitrogen and oxygen atoms in total. The van der Waals surface area contributed by atoms with Gasteiger partial charge in [0, 0.05) is 18.5 Å². The van der Waals surface area contributed by atoms with E-state index < -0.39 is 6.10 Å². The first-order chi connectivity index (χ1) is 7.10. The number of carbonyl (C=O) groups is 1. The second kappa shape index (κ2) is 5.34.